The second-order valence-corrected chi connectivity index (χ2v) is 13.8. The van der Waals surface area contributed by atoms with E-state index in [4.69, 9.17) is 18.1 Å². The van der Waals surface area contributed by atoms with Crippen LogP contribution in [0, 0.1) is 17.5 Å². The highest BCUT2D eigenvalue weighted by molar-refractivity contribution is 7.60. The first-order chi connectivity index (χ1) is 22.8. The van der Waals surface area contributed by atoms with Crippen molar-refractivity contribution in [2.75, 3.05) is 32.0 Å². The molecule has 6 aromatic rings. The lowest BCUT2D eigenvalue weighted by Crippen LogP contribution is -2.26. The summed E-state index contributed by atoms with van der Waals surface area (Å²) >= 11 is 0. The molecule has 0 saturated carbocycles. The first-order valence-electron chi connectivity index (χ1n) is 14.6. The van der Waals surface area contributed by atoms with E-state index in [1.807, 2.05) is 0 Å². The van der Waals surface area contributed by atoms with E-state index < -0.39 is 43.3 Å². The Morgan fingerprint density at radius 3 is 2.35 bits per heavy atom. The highest BCUT2D eigenvalue weighted by atomic mass is 31.2. The molecular formula is C34H26F4N3O6P. The number of hydrogen-bond acceptors (Lipinski definition) is 7. The van der Waals surface area contributed by atoms with Crippen LogP contribution in [0.1, 0.15) is 17.3 Å². The number of carbonyl (C=O) groups is 1. The van der Waals surface area contributed by atoms with Crippen LogP contribution in [0.3, 0.4) is 0 Å². The quantitative estimate of drug-likeness (QED) is 0.138. The Bertz CT molecular complexity index is 2320. The minimum absolute atomic E-state index is 0.0780. The van der Waals surface area contributed by atoms with E-state index in [-0.39, 0.29) is 50.9 Å². The predicted molar refractivity (Wildman–Crippen MR) is 171 cm³/mol. The van der Waals surface area contributed by atoms with Gasteiger partial charge in [-0.25, -0.2) is 22.5 Å². The zero-order valence-corrected chi connectivity index (χ0v) is 26.8. The number of halogens is 4. The summed E-state index contributed by atoms with van der Waals surface area (Å²) in [6.07, 6.45) is 0. The Morgan fingerprint density at radius 1 is 0.958 bits per heavy atom. The van der Waals surface area contributed by atoms with Gasteiger partial charge in [0.15, 0.2) is 11.4 Å². The van der Waals surface area contributed by atoms with Crippen molar-refractivity contribution in [2.45, 2.75) is 12.8 Å². The van der Waals surface area contributed by atoms with Gasteiger partial charge in [0.05, 0.1) is 30.5 Å². The largest absolute Gasteiger partial charge is 0.496 e. The highest BCUT2D eigenvalue weighted by Crippen LogP contribution is 2.61. The molecule has 0 aliphatic carbocycles. The number of benzene rings is 4. The third-order valence-corrected chi connectivity index (χ3v) is 9.98. The van der Waals surface area contributed by atoms with Crippen LogP contribution in [-0.4, -0.2) is 44.1 Å². The Kier molecular flexibility index (Phi) is 7.37. The van der Waals surface area contributed by atoms with E-state index >= 15 is 4.39 Å². The minimum Gasteiger partial charge on any atom is -0.496 e. The van der Waals surface area contributed by atoms with E-state index in [2.05, 4.69) is 10.3 Å². The maximum atomic E-state index is 15.3. The van der Waals surface area contributed by atoms with Gasteiger partial charge in [0.1, 0.15) is 34.2 Å². The number of aromatic nitrogens is 1. The lowest BCUT2D eigenvalue weighted by molar-refractivity contribution is -0.0117. The van der Waals surface area contributed by atoms with Crippen molar-refractivity contribution in [1.82, 2.24) is 10.3 Å². The molecule has 246 valence electrons. The van der Waals surface area contributed by atoms with E-state index in [1.165, 1.54) is 62.7 Å². The van der Waals surface area contributed by atoms with Crippen molar-refractivity contribution in [1.29, 1.82) is 0 Å². The Labute approximate surface area is 270 Å². The first kappa shape index (κ1) is 31.5. The monoisotopic (exact) mass is 679 g/mol. The summed E-state index contributed by atoms with van der Waals surface area (Å²) in [4.78, 5) is 17.6. The summed E-state index contributed by atoms with van der Waals surface area (Å²) in [5, 5.41) is 2.95. The molecule has 2 unspecified atom stereocenters. The second kappa shape index (κ2) is 11.2. The third-order valence-electron chi connectivity index (χ3n) is 8.03. The topological polar surface area (TPSA) is 107 Å². The number of alkyl halides is 1. The normalized spacial score (nSPS) is 19.4. The molecule has 48 heavy (non-hydrogen) atoms. The molecule has 1 saturated heterocycles. The Hall–Kier alpha value is -5.13. The van der Waals surface area contributed by atoms with Crippen molar-refractivity contribution >= 4 is 41.2 Å². The SMILES string of the molecule is CNC(=O)c1c(-c2ccc(F)cc2)oc2cc(N3CC(C)(F)OP3(C)=O)c(-c3ccc(OC)c(-c4nc5c(F)cc(F)cc5o4)c3)cc12. The van der Waals surface area contributed by atoms with Crippen LogP contribution in [0.25, 0.3) is 56.0 Å². The summed E-state index contributed by atoms with van der Waals surface area (Å²) in [5.74, 6) is -4.64. The van der Waals surface area contributed by atoms with Crippen LogP contribution in [-0.2, 0) is 9.09 Å². The average Bonchev–Trinajstić information content (AvgIpc) is 3.70. The van der Waals surface area contributed by atoms with Gasteiger partial charge in [0, 0.05) is 48.4 Å². The molecule has 1 fully saturated rings. The van der Waals surface area contributed by atoms with Crippen molar-refractivity contribution in [3.63, 3.8) is 0 Å². The molecule has 2 aromatic heterocycles. The molecule has 7 rings (SSSR count). The molecule has 1 aliphatic rings. The van der Waals surface area contributed by atoms with Gasteiger partial charge < -0.3 is 18.9 Å². The van der Waals surface area contributed by atoms with Gasteiger partial charge >= 0.3 is 0 Å². The van der Waals surface area contributed by atoms with Crippen molar-refractivity contribution < 1.29 is 45.0 Å². The molecule has 4 aromatic carbocycles. The lowest BCUT2D eigenvalue weighted by atomic mass is 9.96. The van der Waals surface area contributed by atoms with Crippen molar-refractivity contribution in [2.24, 2.45) is 0 Å². The van der Waals surface area contributed by atoms with Gasteiger partial charge in [0.25, 0.3) is 13.4 Å². The van der Waals surface area contributed by atoms with Crippen LogP contribution >= 0.6 is 7.52 Å². The summed E-state index contributed by atoms with van der Waals surface area (Å²) in [6, 6.07) is 15.1. The molecule has 3 heterocycles. The van der Waals surface area contributed by atoms with Crippen LogP contribution in [0.15, 0.2) is 75.6 Å². The molecule has 1 amide bonds. The number of carbonyl (C=O) groups excluding carboxylic acids is 1. The van der Waals surface area contributed by atoms with Gasteiger partial charge in [-0.15, -0.1) is 0 Å². The van der Waals surface area contributed by atoms with Gasteiger partial charge in [0.2, 0.25) is 11.7 Å². The maximum absolute atomic E-state index is 15.3. The van der Waals surface area contributed by atoms with Crippen LogP contribution in [0.4, 0.5) is 23.2 Å². The van der Waals surface area contributed by atoms with Crippen LogP contribution in [0.2, 0.25) is 0 Å². The summed E-state index contributed by atoms with van der Waals surface area (Å²) in [7, 11) is -0.906. The predicted octanol–water partition coefficient (Wildman–Crippen LogP) is 8.71. The number of nitrogens with one attached hydrogen (secondary N) is 1. The lowest BCUT2D eigenvalue weighted by Gasteiger charge is -2.24. The maximum Gasteiger partial charge on any atom is 0.296 e. The number of rotatable bonds is 6. The second-order valence-electron chi connectivity index (χ2n) is 11.5. The molecule has 0 spiro atoms. The fraction of sp³-hybridized carbons (Fsp3) is 0.176. The van der Waals surface area contributed by atoms with Gasteiger partial charge in [-0.3, -0.25) is 18.6 Å². The zero-order valence-electron chi connectivity index (χ0n) is 25.9. The molecule has 1 aliphatic heterocycles. The number of anilines is 1. The molecule has 0 radical (unpaired) electrons. The number of fused-ring (bicyclic) bond motifs is 2. The van der Waals surface area contributed by atoms with Gasteiger partial charge in [-0.05, 0) is 55.0 Å². The van der Waals surface area contributed by atoms with Crippen molar-refractivity contribution in [3.8, 4) is 39.7 Å². The first-order valence-corrected chi connectivity index (χ1v) is 16.6. The third kappa shape index (κ3) is 5.29. The van der Waals surface area contributed by atoms with E-state index in [1.54, 1.807) is 24.3 Å². The van der Waals surface area contributed by atoms with Gasteiger partial charge in [-0.2, -0.15) is 0 Å². The number of amides is 1. The number of furan rings is 1. The smallest absolute Gasteiger partial charge is 0.296 e. The molecule has 0 bridgehead atoms. The number of hydrogen-bond donors (Lipinski definition) is 1. The van der Waals surface area contributed by atoms with E-state index in [0.29, 0.717) is 28.1 Å². The highest BCUT2D eigenvalue weighted by Gasteiger charge is 2.48. The van der Waals surface area contributed by atoms with Gasteiger partial charge in [-0.1, -0.05) is 6.07 Å². The van der Waals surface area contributed by atoms with Crippen LogP contribution < -0.4 is 14.7 Å². The van der Waals surface area contributed by atoms with Crippen LogP contribution in [0.5, 0.6) is 5.75 Å². The standard InChI is InChI=1S/C34H26F4N3O6P/c1-34(38)16-41(48(4,43)47-34)25-15-27-22(29(32(42)39-2)31(45-27)17-5-8-19(35)9-6-17)14-21(25)18-7-10-26(44-3)23(11-18)33-40-30-24(37)12-20(36)13-28(30)46-33/h5-15H,16H2,1-4H3,(H,39,42). The summed E-state index contributed by atoms with van der Waals surface area (Å²) in [6.45, 7) is 2.07. The summed E-state index contributed by atoms with van der Waals surface area (Å²) < 4.78 is 95.4. The Morgan fingerprint density at radius 2 is 1.69 bits per heavy atom. The molecule has 14 heteroatoms. The molecular weight excluding hydrogens is 653 g/mol. The minimum atomic E-state index is -3.77. The number of methoxy groups -OCH3 is 1. The molecule has 9 nitrogen and oxygen atoms in total. The molecule has 1 N–H and O–H groups in total. The average molecular weight is 680 g/mol. The Balaban J connectivity index is 1.51. The van der Waals surface area contributed by atoms with E-state index in [0.717, 1.165) is 6.07 Å². The van der Waals surface area contributed by atoms with E-state index in [9.17, 15) is 22.5 Å². The number of ether oxygens (including phenoxy) is 1. The number of nitrogens with zero attached hydrogens (tertiary/aromatic N) is 2. The number of oxazole rings is 1. The fourth-order valence-corrected chi connectivity index (χ4v) is 7.88. The van der Waals surface area contributed by atoms with Crippen molar-refractivity contribution in [3.05, 3.63) is 89.7 Å². The molecule has 2 atom stereocenters. The summed E-state index contributed by atoms with van der Waals surface area (Å²) in [5.41, 5.74) is 1.77. The zero-order chi connectivity index (χ0) is 34.1. The fourth-order valence-electron chi connectivity index (χ4n) is 5.96.